The summed E-state index contributed by atoms with van der Waals surface area (Å²) in [6.07, 6.45) is 2.27. The third kappa shape index (κ3) is 3.87. The molecule has 0 radical (unpaired) electrons. The molecule has 0 aliphatic carbocycles. The molecule has 130 valence electrons. The lowest BCUT2D eigenvalue weighted by atomic mass is 10.1. The van der Waals surface area contributed by atoms with Gasteiger partial charge >= 0.3 is 0 Å². The second-order valence-corrected chi connectivity index (χ2v) is 7.21. The fourth-order valence-electron chi connectivity index (χ4n) is 2.71. The van der Waals surface area contributed by atoms with Crippen LogP contribution in [0.1, 0.15) is 11.1 Å². The summed E-state index contributed by atoms with van der Waals surface area (Å²) < 4.78 is 1.58. The van der Waals surface area contributed by atoms with Gasteiger partial charge in [-0.25, -0.2) is 4.98 Å². The highest BCUT2D eigenvalue weighted by molar-refractivity contribution is 8.00. The molecule has 3 rings (SSSR count). The Bertz CT molecular complexity index is 1030. The van der Waals surface area contributed by atoms with Crippen LogP contribution in [0.5, 0.6) is 0 Å². The van der Waals surface area contributed by atoms with Gasteiger partial charge in [0.15, 0.2) is 5.16 Å². The van der Waals surface area contributed by atoms with Crippen molar-refractivity contribution in [1.29, 1.82) is 5.26 Å². The molecule has 0 saturated heterocycles. The lowest BCUT2D eigenvalue weighted by Crippen LogP contribution is -2.23. The van der Waals surface area contributed by atoms with E-state index in [9.17, 15) is 10.1 Å². The predicted octanol–water partition coefficient (Wildman–Crippen LogP) is 4.12. The lowest BCUT2D eigenvalue weighted by molar-refractivity contribution is 0.670. The minimum absolute atomic E-state index is 0.106. The third-order valence-corrected chi connectivity index (χ3v) is 5.15. The topological polar surface area (TPSA) is 58.7 Å². The SMILES string of the molecule is C=CCn1c(S[C@H](C#N)Cc2ccc(C)cc2)nc2ccccc2c1=O. The number of hydrogen-bond acceptors (Lipinski definition) is 4. The van der Waals surface area contributed by atoms with Crippen LogP contribution in [0.15, 0.2) is 71.1 Å². The number of nitriles is 1. The van der Waals surface area contributed by atoms with E-state index in [1.165, 1.54) is 17.3 Å². The Hall–Kier alpha value is -2.84. The van der Waals surface area contributed by atoms with E-state index in [2.05, 4.69) is 17.6 Å². The van der Waals surface area contributed by atoms with Gasteiger partial charge in [0.1, 0.15) is 5.25 Å². The largest absolute Gasteiger partial charge is 0.283 e. The van der Waals surface area contributed by atoms with Crippen LogP contribution in [0.3, 0.4) is 0 Å². The van der Waals surface area contributed by atoms with E-state index in [-0.39, 0.29) is 10.8 Å². The Morgan fingerprint density at radius 1 is 1.27 bits per heavy atom. The van der Waals surface area contributed by atoms with Crippen molar-refractivity contribution in [3.8, 4) is 6.07 Å². The summed E-state index contributed by atoms with van der Waals surface area (Å²) >= 11 is 1.33. The van der Waals surface area contributed by atoms with Crippen molar-refractivity contribution in [2.24, 2.45) is 0 Å². The van der Waals surface area contributed by atoms with Gasteiger partial charge in [-0.05, 0) is 31.0 Å². The number of nitrogens with zero attached hydrogens (tertiary/aromatic N) is 3. The maximum atomic E-state index is 12.8. The van der Waals surface area contributed by atoms with Gasteiger partial charge < -0.3 is 0 Å². The van der Waals surface area contributed by atoms with Crippen LogP contribution >= 0.6 is 11.8 Å². The Morgan fingerprint density at radius 3 is 2.69 bits per heavy atom. The number of benzene rings is 2. The highest BCUT2D eigenvalue weighted by atomic mass is 32.2. The maximum absolute atomic E-state index is 12.8. The lowest BCUT2D eigenvalue weighted by Gasteiger charge is -2.14. The highest BCUT2D eigenvalue weighted by Gasteiger charge is 2.17. The maximum Gasteiger partial charge on any atom is 0.262 e. The predicted molar refractivity (Wildman–Crippen MR) is 106 cm³/mol. The van der Waals surface area contributed by atoms with Crippen molar-refractivity contribution in [2.45, 2.75) is 30.3 Å². The Balaban J connectivity index is 1.96. The van der Waals surface area contributed by atoms with Crippen LogP contribution in [-0.2, 0) is 13.0 Å². The molecular weight excluding hydrogens is 342 g/mol. The number of aryl methyl sites for hydroxylation is 1. The average molecular weight is 361 g/mol. The van der Waals surface area contributed by atoms with Crippen LogP contribution in [0, 0.1) is 18.3 Å². The van der Waals surface area contributed by atoms with Crippen molar-refractivity contribution in [3.63, 3.8) is 0 Å². The molecular formula is C21H19N3OS. The van der Waals surface area contributed by atoms with Crippen LogP contribution < -0.4 is 5.56 Å². The molecule has 4 nitrogen and oxygen atoms in total. The number of fused-ring (bicyclic) bond motifs is 1. The molecule has 0 spiro atoms. The van der Waals surface area contributed by atoms with Crippen LogP contribution in [0.4, 0.5) is 0 Å². The van der Waals surface area contributed by atoms with Gasteiger partial charge in [0.2, 0.25) is 0 Å². The van der Waals surface area contributed by atoms with Crippen molar-refractivity contribution in [3.05, 3.63) is 82.7 Å². The summed E-state index contributed by atoms with van der Waals surface area (Å²) in [6.45, 7) is 6.13. The summed E-state index contributed by atoms with van der Waals surface area (Å²) in [5.41, 5.74) is 2.82. The first-order chi connectivity index (χ1) is 12.6. The molecule has 1 aromatic heterocycles. The summed E-state index contributed by atoms with van der Waals surface area (Å²) in [6, 6.07) is 17.7. The molecule has 3 aromatic rings. The molecule has 1 heterocycles. The van der Waals surface area contributed by atoms with Crippen LogP contribution in [0.2, 0.25) is 0 Å². The zero-order valence-corrected chi connectivity index (χ0v) is 15.4. The number of aromatic nitrogens is 2. The number of para-hydroxylation sites is 1. The summed E-state index contributed by atoms with van der Waals surface area (Å²) in [5.74, 6) is 0. The monoisotopic (exact) mass is 361 g/mol. The van der Waals surface area contributed by atoms with Crippen molar-refractivity contribution in [1.82, 2.24) is 9.55 Å². The van der Waals surface area contributed by atoms with Gasteiger partial charge in [-0.2, -0.15) is 5.26 Å². The zero-order chi connectivity index (χ0) is 18.5. The molecule has 0 saturated carbocycles. The van der Waals surface area contributed by atoms with E-state index in [1.54, 1.807) is 16.7 Å². The van der Waals surface area contributed by atoms with Gasteiger partial charge in [-0.15, -0.1) is 6.58 Å². The van der Waals surface area contributed by atoms with Crippen molar-refractivity contribution >= 4 is 22.7 Å². The Labute approximate surface area is 156 Å². The standard InChI is InChI=1S/C21H19N3OS/c1-3-12-24-20(25)18-6-4-5-7-19(18)23-21(24)26-17(14-22)13-16-10-8-15(2)9-11-16/h3-11,17H,1,12-13H2,2H3/t17-/m0/s1. The second-order valence-electron chi connectivity index (χ2n) is 6.04. The fourth-order valence-corrected chi connectivity index (χ4v) is 3.73. The first-order valence-electron chi connectivity index (χ1n) is 8.34. The number of allylic oxidation sites excluding steroid dienone is 1. The first-order valence-corrected chi connectivity index (χ1v) is 9.22. The molecule has 0 bridgehead atoms. The zero-order valence-electron chi connectivity index (χ0n) is 14.6. The first kappa shape index (κ1) is 18.0. The Morgan fingerprint density at radius 2 is 2.00 bits per heavy atom. The Kier molecular flexibility index (Phi) is 5.55. The van der Waals surface area contributed by atoms with E-state index in [0.717, 1.165) is 5.56 Å². The van der Waals surface area contributed by atoms with Gasteiger partial charge in [-0.3, -0.25) is 9.36 Å². The van der Waals surface area contributed by atoms with Crippen molar-refractivity contribution in [2.75, 3.05) is 0 Å². The number of rotatable bonds is 6. The minimum Gasteiger partial charge on any atom is -0.283 e. The average Bonchev–Trinajstić information content (AvgIpc) is 2.66. The molecule has 2 aromatic carbocycles. The van der Waals surface area contributed by atoms with E-state index in [4.69, 9.17) is 0 Å². The molecule has 0 amide bonds. The number of thioether (sulfide) groups is 1. The van der Waals surface area contributed by atoms with Gasteiger partial charge in [-0.1, -0.05) is 59.8 Å². The molecule has 0 aliphatic rings. The normalized spacial score (nSPS) is 11.8. The van der Waals surface area contributed by atoms with Crippen LogP contribution in [-0.4, -0.2) is 14.8 Å². The molecule has 0 N–H and O–H groups in total. The molecule has 0 unspecified atom stereocenters. The molecule has 0 aliphatic heterocycles. The van der Waals surface area contributed by atoms with Gasteiger partial charge in [0.05, 0.1) is 17.0 Å². The quantitative estimate of drug-likeness (QED) is 0.376. The molecule has 1 atom stereocenters. The van der Waals surface area contributed by atoms with E-state index in [0.29, 0.717) is 29.0 Å². The minimum atomic E-state index is -0.332. The van der Waals surface area contributed by atoms with Gasteiger partial charge in [0, 0.05) is 6.54 Å². The fraction of sp³-hybridized carbons (Fsp3) is 0.190. The van der Waals surface area contributed by atoms with Crippen molar-refractivity contribution < 1.29 is 0 Å². The summed E-state index contributed by atoms with van der Waals surface area (Å²) in [5, 5.41) is 10.4. The molecule has 5 heteroatoms. The van der Waals surface area contributed by atoms with E-state index >= 15 is 0 Å². The van der Waals surface area contributed by atoms with E-state index in [1.807, 2.05) is 49.4 Å². The summed E-state index contributed by atoms with van der Waals surface area (Å²) in [7, 11) is 0. The molecule has 26 heavy (non-hydrogen) atoms. The van der Waals surface area contributed by atoms with Crippen LogP contribution in [0.25, 0.3) is 10.9 Å². The third-order valence-electron chi connectivity index (χ3n) is 4.07. The second kappa shape index (κ2) is 8.03. The van der Waals surface area contributed by atoms with E-state index < -0.39 is 0 Å². The van der Waals surface area contributed by atoms with Gasteiger partial charge in [0.25, 0.3) is 5.56 Å². The highest BCUT2D eigenvalue weighted by Crippen LogP contribution is 2.25. The smallest absolute Gasteiger partial charge is 0.262 e. The summed E-state index contributed by atoms with van der Waals surface area (Å²) in [4.78, 5) is 17.4. The number of hydrogen-bond donors (Lipinski definition) is 0. The molecule has 0 fully saturated rings.